The highest BCUT2D eigenvalue weighted by Gasteiger charge is 2.36. The molecule has 118 valence electrons. The molecule has 1 aromatic carbocycles. The van der Waals surface area contributed by atoms with Crippen LogP contribution in [-0.4, -0.2) is 20.8 Å². The molecule has 0 aromatic heterocycles. The van der Waals surface area contributed by atoms with E-state index >= 15 is 0 Å². The van der Waals surface area contributed by atoms with Crippen LogP contribution in [0.15, 0.2) is 24.3 Å². The smallest absolute Gasteiger partial charge is 0.233 e. The molecule has 0 bridgehead atoms. The van der Waals surface area contributed by atoms with Gasteiger partial charge in [-0.15, -0.1) is 0 Å². The molecule has 21 heavy (non-hydrogen) atoms. The largest absolute Gasteiger partial charge is 0.493 e. The Morgan fingerprint density at radius 2 is 1.81 bits per heavy atom. The molecular formula is C15H20Cl2O3S. The molecule has 0 spiro atoms. The predicted molar refractivity (Wildman–Crippen MR) is 86.7 cm³/mol. The lowest BCUT2D eigenvalue weighted by atomic mass is 9.83. The number of rotatable bonds is 5. The van der Waals surface area contributed by atoms with Gasteiger partial charge in [0.15, 0.2) is 0 Å². The van der Waals surface area contributed by atoms with E-state index in [-0.39, 0.29) is 11.2 Å². The van der Waals surface area contributed by atoms with Crippen molar-refractivity contribution in [1.82, 2.24) is 0 Å². The number of ether oxygens (including phenoxy) is 1. The standard InChI is InChI=1S/C15H20Cl2O3S/c16-13-6-5-7-14(10-13)20-11-15(12-21(17,18)19)8-3-1-2-4-9-15/h5-7,10H,1-4,8-9,11-12H2. The molecule has 2 rings (SSSR count). The van der Waals surface area contributed by atoms with Crippen molar-refractivity contribution in [2.75, 3.05) is 12.4 Å². The van der Waals surface area contributed by atoms with Gasteiger partial charge in [-0.05, 0) is 31.0 Å². The van der Waals surface area contributed by atoms with Gasteiger partial charge in [-0.2, -0.15) is 0 Å². The molecule has 0 aliphatic heterocycles. The molecule has 0 atom stereocenters. The van der Waals surface area contributed by atoms with Gasteiger partial charge in [0.1, 0.15) is 5.75 Å². The summed E-state index contributed by atoms with van der Waals surface area (Å²) in [7, 11) is 1.97. The third-order valence-corrected chi connectivity index (χ3v) is 5.50. The maximum absolute atomic E-state index is 11.6. The molecule has 1 aliphatic rings. The highest BCUT2D eigenvalue weighted by atomic mass is 35.7. The van der Waals surface area contributed by atoms with Gasteiger partial charge >= 0.3 is 0 Å². The van der Waals surface area contributed by atoms with Gasteiger partial charge in [0.2, 0.25) is 9.05 Å². The van der Waals surface area contributed by atoms with Crippen molar-refractivity contribution >= 4 is 31.3 Å². The van der Waals surface area contributed by atoms with Gasteiger partial charge in [0.25, 0.3) is 0 Å². The van der Waals surface area contributed by atoms with E-state index in [1.54, 1.807) is 12.1 Å². The predicted octanol–water partition coefficient (Wildman–Crippen LogP) is 4.63. The Labute approximate surface area is 136 Å². The lowest BCUT2D eigenvalue weighted by molar-refractivity contribution is 0.146. The molecular weight excluding hydrogens is 331 g/mol. The Bertz CT molecular complexity index is 564. The van der Waals surface area contributed by atoms with Crippen LogP contribution in [0.3, 0.4) is 0 Å². The lowest BCUT2D eigenvalue weighted by Crippen LogP contribution is -2.34. The SMILES string of the molecule is O=S(=O)(Cl)CC1(COc2cccc(Cl)c2)CCCCCC1. The second-order valence-corrected chi connectivity index (χ2v) is 9.06. The summed E-state index contributed by atoms with van der Waals surface area (Å²) in [5.74, 6) is 0.639. The zero-order chi connectivity index (χ0) is 15.3. The highest BCUT2D eigenvalue weighted by molar-refractivity contribution is 8.13. The summed E-state index contributed by atoms with van der Waals surface area (Å²) in [6.45, 7) is 0.360. The number of halogens is 2. The van der Waals surface area contributed by atoms with E-state index < -0.39 is 9.05 Å². The minimum atomic E-state index is -3.54. The van der Waals surface area contributed by atoms with Gasteiger partial charge in [0.05, 0.1) is 12.4 Å². The summed E-state index contributed by atoms with van der Waals surface area (Å²) < 4.78 is 29.0. The van der Waals surface area contributed by atoms with Crippen molar-refractivity contribution < 1.29 is 13.2 Å². The average Bonchev–Trinajstić information content (AvgIpc) is 2.61. The Hall–Kier alpha value is -0.450. The van der Waals surface area contributed by atoms with Crippen LogP contribution in [0, 0.1) is 5.41 Å². The van der Waals surface area contributed by atoms with Crippen molar-refractivity contribution in [3.63, 3.8) is 0 Å². The molecule has 0 saturated heterocycles. The van der Waals surface area contributed by atoms with Gasteiger partial charge in [-0.3, -0.25) is 0 Å². The average molecular weight is 351 g/mol. The Kier molecular flexibility index (Phi) is 5.81. The third-order valence-electron chi connectivity index (χ3n) is 3.98. The van der Waals surface area contributed by atoms with E-state index in [1.807, 2.05) is 12.1 Å². The van der Waals surface area contributed by atoms with Gasteiger partial charge in [0, 0.05) is 21.1 Å². The van der Waals surface area contributed by atoms with Gasteiger partial charge in [-0.1, -0.05) is 43.4 Å². The minimum Gasteiger partial charge on any atom is -0.493 e. The maximum atomic E-state index is 11.6. The third kappa shape index (κ3) is 5.68. The molecule has 6 heteroatoms. The van der Waals surface area contributed by atoms with Crippen molar-refractivity contribution in [2.45, 2.75) is 38.5 Å². The first-order valence-corrected chi connectivity index (χ1v) is 10.1. The molecule has 1 saturated carbocycles. The topological polar surface area (TPSA) is 43.4 Å². The van der Waals surface area contributed by atoms with Crippen LogP contribution in [0.25, 0.3) is 0 Å². The number of hydrogen-bond donors (Lipinski definition) is 0. The summed E-state index contributed by atoms with van der Waals surface area (Å²) >= 11 is 5.94. The van der Waals surface area contributed by atoms with Crippen LogP contribution in [0.2, 0.25) is 5.02 Å². The van der Waals surface area contributed by atoms with Crippen LogP contribution in [0.1, 0.15) is 38.5 Å². The first-order chi connectivity index (χ1) is 9.89. The lowest BCUT2D eigenvalue weighted by Gasteiger charge is -2.31. The first-order valence-electron chi connectivity index (χ1n) is 7.19. The quantitative estimate of drug-likeness (QED) is 0.574. The monoisotopic (exact) mass is 350 g/mol. The minimum absolute atomic E-state index is 0.0257. The van der Waals surface area contributed by atoms with Crippen LogP contribution >= 0.6 is 22.3 Å². The van der Waals surface area contributed by atoms with Crippen molar-refractivity contribution in [2.24, 2.45) is 5.41 Å². The zero-order valence-corrected chi connectivity index (χ0v) is 14.2. The molecule has 1 fully saturated rings. The second kappa shape index (κ2) is 7.21. The number of hydrogen-bond acceptors (Lipinski definition) is 3. The van der Waals surface area contributed by atoms with Crippen LogP contribution in [-0.2, 0) is 9.05 Å². The van der Waals surface area contributed by atoms with E-state index in [1.165, 1.54) is 0 Å². The normalized spacial score (nSPS) is 19.0. The molecule has 0 amide bonds. The summed E-state index contributed by atoms with van der Waals surface area (Å²) in [4.78, 5) is 0. The Morgan fingerprint density at radius 3 is 2.38 bits per heavy atom. The van der Waals surface area contributed by atoms with E-state index in [2.05, 4.69) is 0 Å². The molecule has 0 radical (unpaired) electrons. The van der Waals surface area contributed by atoms with E-state index in [4.69, 9.17) is 27.0 Å². The van der Waals surface area contributed by atoms with E-state index in [0.29, 0.717) is 17.4 Å². The molecule has 1 aliphatic carbocycles. The zero-order valence-electron chi connectivity index (χ0n) is 11.9. The van der Waals surface area contributed by atoms with Gasteiger partial charge < -0.3 is 4.74 Å². The van der Waals surface area contributed by atoms with Crippen molar-refractivity contribution in [3.05, 3.63) is 29.3 Å². The Morgan fingerprint density at radius 1 is 1.14 bits per heavy atom. The second-order valence-electron chi connectivity index (χ2n) is 5.84. The molecule has 0 heterocycles. The van der Waals surface area contributed by atoms with Crippen molar-refractivity contribution in [1.29, 1.82) is 0 Å². The summed E-state index contributed by atoms with van der Waals surface area (Å²) in [5.41, 5.74) is -0.389. The van der Waals surface area contributed by atoms with E-state index in [0.717, 1.165) is 38.5 Å². The first kappa shape index (κ1) is 16.9. The highest BCUT2D eigenvalue weighted by Crippen LogP contribution is 2.38. The maximum Gasteiger partial charge on any atom is 0.233 e. The van der Waals surface area contributed by atoms with E-state index in [9.17, 15) is 8.42 Å². The van der Waals surface area contributed by atoms with Crippen LogP contribution in [0.4, 0.5) is 0 Å². The van der Waals surface area contributed by atoms with Crippen molar-refractivity contribution in [3.8, 4) is 5.75 Å². The Balaban J connectivity index is 2.11. The fraction of sp³-hybridized carbons (Fsp3) is 0.600. The number of benzene rings is 1. The fourth-order valence-electron chi connectivity index (χ4n) is 2.97. The molecule has 1 aromatic rings. The summed E-state index contributed by atoms with van der Waals surface area (Å²) in [6, 6.07) is 7.15. The van der Waals surface area contributed by atoms with Crippen LogP contribution in [0.5, 0.6) is 5.75 Å². The fourth-order valence-corrected chi connectivity index (χ4v) is 4.95. The molecule has 0 N–H and O–H groups in total. The molecule has 0 unspecified atom stereocenters. The van der Waals surface area contributed by atoms with Crippen LogP contribution < -0.4 is 4.74 Å². The molecule has 3 nitrogen and oxygen atoms in total. The van der Waals surface area contributed by atoms with Gasteiger partial charge in [-0.25, -0.2) is 8.42 Å². The summed E-state index contributed by atoms with van der Waals surface area (Å²) in [6.07, 6.45) is 5.98. The summed E-state index contributed by atoms with van der Waals surface area (Å²) in [5, 5.41) is 0.604.